The maximum Gasteiger partial charge on any atom is 0.0736 e. The lowest BCUT2D eigenvalue weighted by Gasteiger charge is -2.12. The summed E-state index contributed by atoms with van der Waals surface area (Å²) in [6.45, 7) is 4.48. The number of allylic oxidation sites excluding steroid dienone is 1. The molecule has 1 heterocycles. The van der Waals surface area contributed by atoms with E-state index < -0.39 is 0 Å². The molecule has 264 valence electrons. The van der Waals surface area contributed by atoms with Crippen LogP contribution in [-0.4, -0.2) is 10.3 Å². The highest BCUT2D eigenvalue weighted by Gasteiger charge is 2.14. The number of aliphatic imine (C=N–C) groups is 1. The predicted octanol–water partition coefficient (Wildman–Crippen LogP) is 13.4. The molecule has 10 aromatic rings. The van der Waals surface area contributed by atoms with Crippen LogP contribution in [0, 0.1) is 0 Å². The molecule has 0 aliphatic rings. The number of benzene rings is 9. The molecule has 10 rings (SSSR count). The average Bonchev–Trinajstić information content (AvgIpc) is 3.59. The van der Waals surface area contributed by atoms with E-state index in [1.165, 1.54) is 32.9 Å². The van der Waals surface area contributed by atoms with Crippen LogP contribution in [0.4, 0.5) is 0 Å². The Bertz CT molecular complexity index is 3150. The fraction of sp³-hybridized carbons (Fsp3) is 0. The van der Waals surface area contributed by atoms with Gasteiger partial charge in [0.1, 0.15) is 0 Å². The van der Waals surface area contributed by atoms with Gasteiger partial charge in [-0.15, -0.1) is 0 Å². The number of nitrogens with zero attached hydrogens (tertiary/aromatic N) is 2. The average molecular weight is 716 g/mol. The zero-order chi connectivity index (χ0) is 37.6. The first-order valence-corrected chi connectivity index (χ1v) is 18.9. The van der Waals surface area contributed by atoms with Gasteiger partial charge in [0.25, 0.3) is 0 Å². The molecule has 0 spiro atoms. The maximum atomic E-state index is 6.92. The molecule has 0 aliphatic heterocycles. The molecular formula is C53H37N3. The Morgan fingerprint density at radius 3 is 1.66 bits per heavy atom. The van der Waals surface area contributed by atoms with Crippen LogP contribution < -0.4 is 5.73 Å². The third-order valence-electron chi connectivity index (χ3n) is 10.9. The summed E-state index contributed by atoms with van der Waals surface area (Å²) in [5.41, 5.74) is 17.8. The molecule has 0 unspecified atom stereocenters. The highest BCUT2D eigenvalue weighted by Crippen LogP contribution is 2.34. The standard InChI is InChI=1S/C53H37N3/c1-35(55-51(47-21-11-15-38-13-3-5-17-45(38)47)34-50(54)46-20-10-14-37-12-2-4-16-44(37)46)39-24-25-42-33-40(26-27-41(42)32-39)36-28-30-43(31-29-36)56-52-22-8-6-18-48(52)49-19-7-9-23-53(49)56/h2-34H,1,54H2/b50-34-,55-51+. The van der Waals surface area contributed by atoms with Crippen LogP contribution in [0.15, 0.2) is 212 Å². The minimum absolute atomic E-state index is 0.649. The molecule has 0 aliphatic carbocycles. The summed E-state index contributed by atoms with van der Waals surface area (Å²) < 4.78 is 2.35. The summed E-state index contributed by atoms with van der Waals surface area (Å²) in [5.74, 6) is 0. The minimum Gasteiger partial charge on any atom is -0.398 e. The van der Waals surface area contributed by atoms with Crippen molar-refractivity contribution in [1.29, 1.82) is 0 Å². The Kier molecular flexibility index (Phi) is 8.12. The largest absolute Gasteiger partial charge is 0.398 e. The molecule has 1 aromatic heterocycles. The molecule has 0 fully saturated rings. The molecule has 9 aromatic carbocycles. The predicted molar refractivity (Wildman–Crippen MR) is 239 cm³/mol. The Balaban J connectivity index is 0.992. The molecule has 3 nitrogen and oxygen atoms in total. The third kappa shape index (κ3) is 5.83. The monoisotopic (exact) mass is 715 g/mol. The van der Waals surface area contributed by atoms with Crippen molar-refractivity contribution in [3.63, 3.8) is 0 Å². The molecule has 2 N–H and O–H groups in total. The smallest absolute Gasteiger partial charge is 0.0736 e. The number of nitrogens with two attached hydrogens (primary N) is 1. The molecule has 0 radical (unpaired) electrons. The first-order valence-electron chi connectivity index (χ1n) is 18.9. The van der Waals surface area contributed by atoms with Gasteiger partial charge in [-0.3, -0.25) is 0 Å². The first-order chi connectivity index (χ1) is 27.6. The highest BCUT2D eigenvalue weighted by atomic mass is 15.0. The fourth-order valence-corrected chi connectivity index (χ4v) is 8.14. The molecule has 0 saturated carbocycles. The van der Waals surface area contributed by atoms with Gasteiger partial charge in [-0.05, 0) is 85.9 Å². The summed E-state index contributed by atoms with van der Waals surface area (Å²) in [7, 11) is 0. The van der Waals surface area contributed by atoms with E-state index in [1.807, 2.05) is 12.1 Å². The summed E-state index contributed by atoms with van der Waals surface area (Å²) in [6.07, 6.45) is 1.99. The summed E-state index contributed by atoms with van der Waals surface area (Å²) in [6, 6.07) is 68.5. The number of para-hydroxylation sites is 2. The topological polar surface area (TPSA) is 43.3 Å². The van der Waals surface area contributed by atoms with Crippen molar-refractivity contribution in [3.8, 4) is 16.8 Å². The quantitative estimate of drug-likeness (QED) is 0.164. The Labute approximate surface area is 325 Å². The van der Waals surface area contributed by atoms with Gasteiger partial charge in [-0.25, -0.2) is 4.99 Å². The summed E-state index contributed by atoms with van der Waals surface area (Å²) >= 11 is 0. The van der Waals surface area contributed by atoms with Gasteiger partial charge in [-0.2, -0.15) is 0 Å². The van der Waals surface area contributed by atoms with E-state index in [1.54, 1.807) is 0 Å². The normalized spacial score (nSPS) is 12.3. The van der Waals surface area contributed by atoms with E-state index in [0.29, 0.717) is 11.4 Å². The second-order valence-electron chi connectivity index (χ2n) is 14.3. The molecule has 56 heavy (non-hydrogen) atoms. The van der Waals surface area contributed by atoms with Crippen LogP contribution in [-0.2, 0) is 0 Å². The minimum atomic E-state index is 0.649. The van der Waals surface area contributed by atoms with Crippen molar-refractivity contribution in [2.75, 3.05) is 0 Å². The van der Waals surface area contributed by atoms with Crippen molar-refractivity contribution in [1.82, 2.24) is 4.57 Å². The van der Waals surface area contributed by atoms with E-state index in [4.69, 9.17) is 10.7 Å². The first kappa shape index (κ1) is 33.1. The third-order valence-corrected chi connectivity index (χ3v) is 10.9. The van der Waals surface area contributed by atoms with E-state index in [0.717, 1.165) is 60.4 Å². The van der Waals surface area contributed by atoms with Gasteiger partial charge in [-0.1, -0.05) is 164 Å². The maximum absolute atomic E-state index is 6.92. The molecule has 3 heteroatoms. The van der Waals surface area contributed by atoms with Crippen molar-refractivity contribution < 1.29 is 0 Å². The van der Waals surface area contributed by atoms with Gasteiger partial charge in [0.05, 0.1) is 22.4 Å². The van der Waals surface area contributed by atoms with Crippen LogP contribution in [0.25, 0.3) is 82.3 Å². The molecule has 0 atom stereocenters. The van der Waals surface area contributed by atoms with Crippen molar-refractivity contribution in [2.24, 2.45) is 10.7 Å². The highest BCUT2D eigenvalue weighted by molar-refractivity contribution is 6.20. The summed E-state index contributed by atoms with van der Waals surface area (Å²) in [5, 5.41) is 9.31. The van der Waals surface area contributed by atoms with Gasteiger partial charge < -0.3 is 10.3 Å². The summed E-state index contributed by atoms with van der Waals surface area (Å²) in [4.78, 5) is 5.22. The zero-order valence-electron chi connectivity index (χ0n) is 30.7. The molecule has 0 bridgehead atoms. The van der Waals surface area contributed by atoms with Crippen LogP contribution in [0.3, 0.4) is 0 Å². The second kappa shape index (κ2) is 13.7. The van der Waals surface area contributed by atoms with E-state index >= 15 is 0 Å². The van der Waals surface area contributed by atoms with Gasteiger partial charge in [0, 0.05) is 38.8 Å². The van der Waals surface area contributed by atoms with Crippen LogP contribution in [0.2, 0.25) is 0 Å². The molecular weight excluding hydrogens is 679 g/mol. The number of fused-ring (bicyclic) bond motifs is 6. The van der Waals surface area contributed by atoms with Crippen molar-refractivity contribution in [2.45, 2.75) is 0 Å². The van der Waals surface area contributed by atoms with Crippen LogP contribution in [0.5, 0.6) is 0 Å². The number of hydrogen-bond donors (Lipinski definition) is 1. The van der Waals surface area contributed by atoms with Crippen LogP contribution in [0.1, 0.15) is 16.7 Å². The Hall–Kier alpha value is -7.49. The van der Waals surface area contributed by atoms with Crippen LogP contribution >= 0.6 is 0 Å². The van der Waals surface area contributed by atoms with Gasteiger partial charge >= 0.3 is 0 Å². The van der Waals surface area contributed by atoms with E-state index in [9.17, 15) is 0 Å². The molecule has 0 amide bonds. The fourth-order valence-electron chi connectivity index (χ4n) is 8.14. The number of rotatable bonds is 7. The second-order valence-corrected chi connectivity index (χ2v) is 14.3. The zero-order valence-corrected chi connectivity index (χ0v) is 30.7. The van der Waals surface area contributed by atoms with Gasteiger partial charge in [0.2, 0.25) is 0 Å². The number of hydrogen-bond acceptors (Lipinski definition) is 2. The van der Waals surface area contributed by atoms with E-state index in [-0.39, 0.29) is 0 Å². The SMILES string of the molecule is C=C(/N=C(\C=C(/N)c1cccc2ccccc12)c1cccc2ccccc12)c1ccc2cc(-c3ccc(-n4c5ccccc5c5ccccc54)cc3)ccc2c1. The van der Waals surface area contributed by atoms with Crippen molar-refractivity contribution >= 4 is 71.2 Å². The van der Waals surface area contributed by atoms with Crippen molar-refractivity contribution in [3.05, 3.63) is 223 Å². The molecule has 0 saturated heterocycles. The Morgan fingerprint density at radius 2 is 0.982 bits per heavy atom. The van der Waals surface area contributed by atoms with E-state index in [2.05, 4.69) is 199 Å². The van der Waals surface area contributed by atoms with Gasteiger partial charge in [0.15, 0.2) is 0 Å². The lowest BCUT2D eigenvalue weighted by molar-refractivity contribution is 1.18. The lowest BCUT2D eigenvalue weighted by Crippen LogP contribution is -2.05. The Morgan fingerprint density at radius 1 is 0.464 bits per heavy atom. The number of aromatic nitrogens is 1. The lowest BCUT2D eigenvalue weighted by atomic mass is 9.97.